The van der Waals surface area contributed by atoms with E-state index in [2.05, 4.69) is 25.7 Å². The molecule has 0 aliphatic rings. The molecule has 10 heavy (non-hydrogen) atoms. The Bertz CT molecular complexity index is 201. The fourth-order valence-electron chi connectivity index (χ4n) is 0.504. The smallest absolute Gasteiger partial charge is 0.230 e. The Hall–Kier alpha value is -0.640. The molecular weight excluding hydrogens is 201 g/mol. The number of halogens is 2. The number of hydrogen-bond acceptors (Lipinski definition) is 2. The average molecular weight is 206 g/mol. The molecule has 1 rings (SSSR count). The molecule has 0 N–H and O–H groups in total. The van der Waals surface area contributed by atoms with Gasteiger partial charge in [0.2, 0.25) is 12.7 Å². The summed E-state index contributed by atoms with van der Waals surface area (Å²) in [6, 6.07) is 3.32. The molecule has 1 heterocycles. The van der Waals surface area contributed by atoms with Gasteiger partial charge in [0, 0.05) is 16.7 Å². The minimum Gasteiger partial charge on any atom is -0.446 e. The molecule has 0 aliphatic carbocycles. The summed E-state index contributed by atoms with van der Waals surface area (Å²) in [5.41, 5.74) is 0. The lowest BCUT2D eigenvalue weighted by Crippen LogP contribution is -1.91. The first-order valence-corrected chi connectivity index (χ1v) is 3.42. The van der Waals surface area contributed by atoms with Gasteiger partial charge in [0.1, 0.15) is 0 Å². The van der Waals surface area contributed by atoms with Gasteiger partial charge in [-0.1, -0.05) is 0 Å². The van der Waals surface area contributed by atoms with E-state index < -0.39 is 6.86 Å². The molecule has 0 atom stereocenters. The molecule has 0 aromatic carbocycles. The van der Waals surface area contributed by atoms with Gasteiger partial charge in [-0.3, -0.25) is 0 Å². The molecule has 0 amide bonds. The number of pyridine rings is 1. The molecule has 0 bridgehead atoms. The number of alkyl halides is 1. The molecule has 4 heteroatoms. The van der Waals surface area contributed by atoms with Crippen molar-refractivity contribution in [1.29, 1.82) is 0 Å². The van der Waals surface area contributed by atoms with E-state index in [9.17, 15) is 4.39 Å². The SMILES string of the molecule is FCOc1ccc(Br)cn1. The van der Waals surface area contributed by atoms with Gasteiger partial charge in [0.05, 0.1) is 0 Å². The van der Waals surface area contributed by atoms with Crippen LogP contribution in [0.4, 0.5) is 4.39 Å². The van der Waals surface area contributed by atoms with E-state index in [-0.39, 0.29) is 0 Å². The maximum absolute atomic E-state index is 11.5. The molecule has 1 aromatic heterocycles. The summed E-state index contributed by atoms with van der Waals surface area (Å²) < 4.78 is 16.8. The highest BCUT2D eigenvalue weighted by Gasteiger charge is 1.91. The first-order chi connectivity index (χ1) is 4.83. The lowest BCUT2D eigenvalue weighted by molar-refractivity contribution is 0.184. The van der Waals surface area contributed by atoms with E-state index in [4.69, 9.17) is 0 Å². The van der Waals surface area contributed by atoms with E-state index >= 15 is 0 Å². The number of hydrogen-bond donors (Lipinski definition) is 0. The molecule has 1 aromatic rings. The van der Waals surface area contributed by atoms with Gasteiger partial charge < -0.3 is 4.74 Å². The summed E-state index contributed by atoms with van der Waals surface area (Å²) in [7, 11) is 0. The maximum Gasteiger partial charge on any atom is 0.230 e. The van der Waals surface area contributed by atoms with Gasteiger partial charge in [0.25, 0.3) is 0 Å². The van der Waals surface area contributed by atoms with Crippen LogP contribution in [-0.2, 0) is 0 Å². The normalized spacial score (nSPS) is 9.40. The molecule has 0 fully saturated rings. The molecule has 2 nitrogen and oxygen atoms in total. The molecule has 0 spiro atoms. The summed E-state index contributed by atoms with van der Waals surface area (Å²) in [6.45, 7) is -0.839. The predicted molar refractivity (Wildman–Crippen MR) is 38.5 cm³/mol. The average Bonchev–Trinajstić information content (AvgIpc) is 1.95. The molecule has 0 aliphatic heterocycles. The van der Waals surface area contributed by atoms with Crippen LogP contribution in [0, 0.1) is 0 Å². The maximum atomic E-state index is 11.5. The minimum atomic E-state index is -0.839. The zero-order valence-electron chi connectivity index (χ0n) is 5.05. The van der Waals surface area contributed by atoms with Crippen molar-refractivity contribution >= 4 is 15.9 Å². The van der Waals surface area contributed by atoms with Gasteiger partial charge in [-0.2, -0.15) is 0 Å². The second kappa shape index (κ2) is 3.51. The Morgan fingerprint density at radius 1 is 1.60 bits per heavy atom. The van der Waals surface area contributed by atoms with Crippen LogP contribution in [0.25, 0.3) is 0 Å². The zero-order chi connectivity index (χ0) is 7.40. The number of rotatable bonds is 2. The van der Waals surface area contributed by atoms with Crippen LogP contribution in [0.3, 0.4) is 0 Å². The van der Waals surface area contributed by atoms with Gasteiger partial charge in [0.15, 0.2) is 0 Å². The predicted octanol–water partition coefficient (Wildman–Crippen LogP) is 2.15. The van der Waals surface area contributed by atoms with E-state index in [0.717, 1.165) is 4.47 Å². The standard InChI is InChI=1S/C6H5BrFNO/c7-5-1-2-6(9-3-5)10-4-8/h1-3H,4H2. The molecule has 0 saturated heterocycles. The van der Waals surface area contributed by atoms with E-state index in [1.54, 1.807) is 18.3 Å². The second-order valence-electron chi connectivity index (χ2n) is 1.57. The molecule has 0 unspecified atom stereocenters. The van der Waals surface area contributed by atoms with Gasteiger partial charge in [-0.05, 0) is 22.0 Å². The summed E-state index contributed by atoms with van der Waals surface area (Å²) in [5.74, 6) is 0.297. The van der Waals surface area contributed by atoms with Gasteiger partial charge >= 0.3 is 0 Å². The molecular formula is C6H5BrFNO. The quantitative estimate of drug-likeness (QED) is 0.739. The van der Waals surface area contributed by atoms with Crippen molar-refractivity contribution in [3.63, 3.8) is 0 Å². The monoisotopic (exact) mass is 205 g/mol. The Kier molecular flexibility index (Phi) is 2.62. The molecule has 0 saturated carbocycles. The molecule has 0 radical (unpaired) electrons. The van der Waals surface area contributed by atoms with Crippen LogP contribution < -0.4 is 4.74 Å². The topological polar surface area (TPSA) is 22.1 Å². The summed E-state index contributed by atoms with van der Waals surface area (Å²) >= 11 is 3.18. The third kappa shape index (κ3) is 1.95. The van der Waals surface area contributed by atoms with Crippen molar-refractivity contribution in [2.24, 2.45) is 0 Å². The van der Waals surface area contributed by atoms with Crippen LogP contribution in [0.2, 0.25) is 0 Å². The van der Waals surface area contributed by atoms with Gasteiger partial charge in [-0.25, -0.2) is 9.37 Å². The highest BCUT2D eigenvalue weighted by atomic mass is 79.9. The number of ether oxygens (including phenoxy) is 1. The van der Waals surface area contributed by atoms with Crippen molar-refractivity contribution < 1.29 is 9.13 Å². The molecule has 54 valence electrons. The van der Waals surface area contributed by atoms with Crippen molar-refractivity contribution in [3.8, 4) is 5.88 Å². The summed E-state index contributed by atoms with van der Waals surface area (Å²) in [5, 5.41) is 0. The Morgan fingerprint density at radius 2 is 2.40 bits per heavy atom. The van der Waals surface area contributed by atoms with E-state index in [1.165, 1.54) is 0 Å². The second-order valence-corrected chi connectivity index (χ2v) is 2.48. The van der Waals surface area contributed by atoms with Crippen LogP contribution in [0.15, 0.2) is 22.8 Å². The zero-order valence-corrected chi connectivity index (χ0v) is 6.64. The number of nitrogens with zero attached hydrogens (tertiary/aromatic N) is 1. The third-order valence-electron chi connectivity index (χ3n) is 0.903. The fourth-order valence-corrected chi connectivity index (χ4v) is 0.738. The summed E-state index contributed by atoms with van der Waals surface area (Å²) in [6.07, 6.45) is 1.55. The first kappa shape index (κ1) is 7.47. The lowest BCUT2D eigenvalue weighted by Gasteiger charge is -1.97. The van der Waals surface area contributed by atoms with E-state index in [0.29, 0.717) is 5.88 Å². The third-order valence-corrected chi connectivity index (χ3v) is 1.37. The van der Waals surface area contributed by atoms with E-state index in [1.807, 2.05) is 0 Å². The minimum absolute atomic E-state index is 0.297. The number of aromatic nitrogens is 1. The largest absolute Gasteiger partial charge is 0.446 e. The fraction of sp³-hybridized carbons (Fsp3) is 0.167. The van der Waals surface area contributed by atoms with Gasteiger partial charge in [-0.15, -0.1) is 0 Å². The van der Waals surface area contributed by atoms with Crippen molar-refractivity contribution in [2.45, 2.75) is 0 Å². The van der Waals surface area contributed by atoms with Crippen molar-refractivity contribution in [1.82, 2.24) is 4.98 Å². The van der Waals surface area contributed by atoms with Crippen LogP contribution in [0.5, 0.6) is 5.88 Å². The first-order valence-electron chi connectivity index (χ1n) is 2.63. The highest BCUT2D eigenvalue weighted by molar-refractivity contribution is 9.10. The van der Waals surface area contributed by atoms with Crippen molar-refractivity contribution in [3.05, 3.63) is 22.8 Å². The van der Waals surface area contributed by atoms with Crippen LogP contribution >= 0.6 is 15.9 Å². The Morgan fingerprint density at radius 3 is 2.90 bits per heavy atom. The summed E-state index contributed by atoms with van der Waals surface area (Å²) in [4.78, 5) is 3.76. The van der Waals surface area contributed by atoms with Crippen molar-refractivity contribution in [2.75, 3.05) is 6.86 Å². The Labute approximate surface area is 66.2 Å². The van der Waals surface area contributed by atoms with Crippen LogP contribution in [-0.4, -0.2) is 11.8 Å². The van der Waals surface area contributed by atoms with Crippen LogP contribution in [0.1, 0.15) is 0 Å². The Balaban J connectivity index is 2.69. The highest BCUT2D eigenvalue weighted by Crippen LogP contribution is 2.11. The lowest BCUT2D eigenvalue weighted by atomic mass is 10.5.